The van der Waals surface area contributed by atoms with E-state index in [2.05, 4.69) is 29.1 Å². The zero-order chi connectivity index (χ0) is 25.1. The molecule has 0 atom stereocenters. The van der Waals surface area contributed by atoms with Crippen LogP contribution in [0.5, 0.6) is 23.0 Å². The predicted octanol–water partition coefficient (Wildman–Crippen LogP) is 6.67. The number of alkyl halides is 1. The second-order valence-corrected chi connectivity index (χ2v) is 9.42. The lowest BCUT2D eigenvalue weighted by molar-refractivity contribution is 0.154. The number of phenols is 1. The summed E-state index contributed by atoms with van der Waals surface area (Å²) in [5.41, 5.74) is -1.40. The first-order valence-corrected chi connectivity index (χ1v) is 11.9. The summed E-state index contributed by atoms with van der Waals surface area (Å²) >= 11 is 3.34. The molecular formula is C27H29BrO6. The highest BCUT2D eigenvalue weighted by molar-refractivity contribution is 9.09. The van der Waals surface area contributed by atoms with Crippen molar-refractivity contribution in [3.05, 3.63) is 72.0 Å². The van der Waals surface area contributed by atoms with E-state index in [1.807, 2.05) is 39.8 Å². The lowest BCUT2D eigenvalue weighted by Gasteiger charge is -2.24. The van der Waals surface area contributed by atoms with Crippen molar-refractivity contribution in [3.63, 3.8) is 0 Å². The summed E-state index contributed by atoms with van der Waals surface area (Å²) in [6.07, 6.45) is 7.05. The number of benzene rings is 2. The monoisotopic (exact) mass is 528 g/mol. The molecule has 0 spiro atoms. The van der Waals surface area contributed by atoms with Crippen molar-refractivity contribution in [1.82, 2.24) is 0 Å². The fraction of sp³-hybridized carbons (Fsp3) is 0.296. The number of rotatable bonds is 10. The number of fused-ring (bicyclic) bond motifs is 2. The highest BCUT2D eigenvalue weighted by atomic mass is 79.9. The molecular weight excluding hydrogens is 500 g/mol. The van der Waals surface area contributed by atoms with E-state index in [0.717, 1.165) is 0 Å². The molecule has 0 saturated carbocycles. The minimum atomic E-state index is -0.690. The molecule has 1 heterocycles. The van der Waals surface area contributed by atoms with Gasteiger partial charge in [0.15, 0.2) is 11.3 Å². The fourth-order valence-electron chi connectivity index (χ4n) is 3.16. The molecule has 1 aromatic heterocycles. The van der Waals surface area contributed by atoms with Crippen LogP contribution in [-0.2, 0) is 0 Å². The Balaban J connectivity index is 2.27. The van der Waals surface area contributed by atoms with Crippen LogP contribution in [0.3, 0.4) is 0 Å². The summed E-state index contributed by atoms with van der Waals surface area (Å²) in [5, 5.41) is 11.6. The summed E-state index contributed by atoms with van der Waals surface area (Å²) in [5.74, 6) is 0.776. The molecule has 180 valence electrons. The molecule has 3 rings (SSSR count). The molecule has 6 nitrogen and oxygen atoms in total. The van der Waals surface area contributed by atoms with E-state index in [0.29, 0.717) is 16.8 Å². The quantitative estimate of drug-likeness (QED) is 0.180. The molecule has 34 heavy (non-hydrogen) atoms. The SMILES string of the molecule is C=CC(C)(C)Oc1cc(O)c2c(=O)c3ccc(OC(C)(C)C=C)c(OC/C=C/CBr)c3oc2c1. The standard InChI is InChI=1S/C27H29BrO6/c1-7-26(3,4)33-17-15-19(29)22-21(16-17)32-24-18(23(22)30)11-12-20(34-27(5,6)8-2)25(24)31-14-10-9-13-28/h7-12,15-16,29H,1-2,13-14H2,3-6H3/b10-9+. The molecule has 1 N–H and O–H groups in total. The second-order valence-electron chi connectivity index (χ2n) is 8.77. The van der Waals surface area contributed by atoms with Crippen LogP contribution in [0.15, 0.2) is 70.9 Å². The van der Waals surface area contributed by atoms with Crippen LogP contribution >= 0.6 is 15.9 Å². The van der Waals surface area contributed by atoms with Gasteiger partial charge in [0.25, 0.3) is 0 Å². The second kappa shape index (κ2) is 9.97. The Morgan fingerprint density at radius 2 is 1.74 bits per heavy atom. The van der Waals surface area contributed by atoms with Crippen LogP contribution in [0.25, 0.3) is 21.9 Å². The molecule has 0 fully saturated rings. The van der Waals surface area contributed by atoms with E-state index in [9.17, 15) is 9.90 Å². The third kappa shape index (κ3) is 5.47. The van der Waals surface area contributed by atoms with Crippen molar-refractivity contribution >= 4 is 37.9 Å². The first kappa shape index (κ1) is 25.4. The van der Waals surface area contributed by atoms with E-state index in [-0.39, 0.29) is 40.0 Å². The fourth-order valence-corrected chi connectivity index (χ4v) is 3.43. The minimum absolute atomic E-state index is 0.0569. The molecule has 0 bridgehead atoms. The maximum absolute atomic E-state index is 13.3. The Labute approximate surface area is 207 Å². The number of phenolic OH excluding ortho intramolecular Hbond substituents is 1. The van der Waals surface area contributed by atoms with Crippen LogP contribution in [0.4, 0.5) is 0 Å². The summed E-state index contributed by atoms with van der Waals surface area (Å²) < 4.78 is 24.1. The van der Waals surface area contributed by atoms with Crippen molar-refractivity contribution in [3.8, 4) is 23.0 Å². The Morgan fingerprint density at radius 1 is 1.06 bits per heavy atom. The van der Waals surface area contributed by atoms with E-state index < -0.39 is 16.6 Å². The molecule has 0 amide bonds. The largest absolute Gasteiger partial charge is 0.507 e. The smallest absolute Gasteiger partial charge is 0.205 e. The maximum Gasteiger partial charge on any atom is 0.205 e. The Hall–Kier alpha value is -3.19. The van der Waals surface area contributed by atoms with Crippen LogP contribution in [0.1, 0.15) is 27.7 Å². The molecule has 7 heteroatoms. The lowest BCUT2D eigenvalue weighted by atomic mass is 10.1. The molecule has 0 saturated heterocycles. The van der Waals surface area contributed by atoms with Gasteiger partial charge in [-0.3, -0.25) is 4.79 Å². The van der Waals surface area contributed by atoms with Crippen molar-refractivity contribution in [2.24, 2.45) is 0 Å². The van der Waals surface area contributed by atoms with Gasteiger partial charge in [-0.2, -0.15) is 0 Å². The average Bonchev–Trinajstić information content (AvgIpc) is 2.77. The minimum Gasteiger partial charge on any atom is -0.507 e. The average molecular weight is 529 g/mol. The number of aromatic hydroxyl groups is 1. The van der Waals surface area contributed by atoms with Crippen LogP contribution in [-0.4, -0.2) is 28.2 Å². The Bertz CT molecular complexity index is 1320. The van der Waals surface area contributed by atoms with Gasteiger partial charge in [0.05, 0.1) is 5.39 Å². The van der Waals surface area contributed by atoms with Gasteiger partial charge in [-0.25, -0.2) is 0 Å². The van der Waals surface area contributed by atoms with Crippen LogP contribution < -0.4 is 19.6 Å². The van der Waals surface area contributed by atoms with E-state index in [4.69, 9.17) is 18.6 Å². The summed E-state index contributed by atoms with van der Waals surface area (Å²) in [6, 6.07) is 6.21. The number of allylic oxidation sites excluding steroid dienone is 1. The van der Waals surface area contributed by atoms with Gasteiger partial charge in [-0.05, 0) is 52.0 Å². The zero-order valence-corrected chi connectivity index (χ0v) is 21.4. The molecule has 0 unspecified atom stereocenters. The molecule has 0 radical (unpaired) electrons. The van der Waals surface area contributed by atoms with Crippen molar-refractivity contribution in [1.29, 1.82) is 0 Å². The van der Waals surface area contributed by atoms with Gasteiger partial charge in [0, 0.05) is 17.5 Å². The van der Waals surface area contributed by atoms with E-state index in [1.165, 1.54) is 6.07 Å². The topological polar surface area (TPSA) is 78.1 Å². The van der Waals surface area contributed by atoms with Gasteiger partial charge in [-0.1, -0.05) is 41.2 Å². The van der Waals surface area contributed by atoms with Gasteiger partial charge in [0.1, 0.15) is 40.3 Å². The molecule has 0 aliphatic carbocycles. The summed E-state index contributed by atoms with van der Waals surface area (Å²) in [6.45, 7) is 15.2. The first-order valence-electron chi connectivity index (χ1n) is 10.8. The van der Waals surface area contributed by atoms with Crippen LogP contribution in [0.2, 0.25) is 0 Å². The van der Waals surface area contributed by atoms with Crippen molar-refractivity contribution in [2.75, 3.05) is 11.9 Å². The van der Waals surface area contributed by atoms with E-state index >= 15 is 0 Å². The normalized spacial score (nSPS) is 12.3. The Kier molecular flexibility index (Phi) is 7.46. The highest BCUT2D eigenvalue weighted by Crippen LogP contribution is 2.40. The predicted molar refractivity (Wildman–Crippen MR) is 140 cm³/mol. The molecule has 2 aromatic carbocycles. The summed E-state index contributed by atoms with van der Waals surface area (Å²) in [7, 11) is 0. The number of hydrogen-bond donors (Lipinski definition) is 1. The first-order chi connectivity index (χ1) is 16.0. The third-order valence-corrected chi connectivity index (χ3v) is 5.51. The van der Waals surface area contributed by atoms with Gasteiger partial charge < -0.3 is 23.7 Å². The van der Waals surface area contributed by atoms with Gasteiger partial charge in [-0.15, -0.1) is 0 Å². The van der Waals surface area contributed by atoms with Crippen LogP contribution in [0, 0.1) is 0 Å². The molecule has 0 aliphatic rings. The Morgan fingerprint density at radius 3 is 2.38 bits per heavy atom. The number of hydrogen-bond acceptors (Lipinski definition) is 6. The van der Waals surface area contributed by atoms with Gasteiger partial charge >= 0.3 is 0 Å². The lowest BCUT2D eigenvalue weighted by Crippen LogP contribution is -2.25. The number of ether oxygens (including phenoxy) is 3. The third-order valence-electron chi connectivity index (χ3n) is 5.13. The highest BCUT2D eigenvalue weighted by Gasteiger charge is 2.24. The molecule has 0 aliphatic heterocycles. The zero-order valence-electron chi connectivity index (χ0n) is 19.8. The van der Waals surface area contributed by atoms with Gasteiger partial charge in [0.2, 0.25) is 11.2 Å². The summed E-state index contributed by atoms with van der Waals surface area (Å²) in [4.78, 5) is 13.3. The number of halogens is 1. The van der Waals surface area contributed by atoms with E-state index in [1.54, 1.807) is 30.4 Å². The molecule has 3 aromatic rings. The van der Waals surface area contributed by atoms with Crippen molar-refractivity contribution < 1.29 is 23.7 Å². The van der Waals surface area contributed by atoms with Crippen molar-refractivity contribution in [2.45, 2.75) is 38.9 Å². The maximum atomic E-state index is 13.3.